The molecule has 0 aliphatic carbocycles. The fourth-order valence-corrected chi connectivity index (χ4v) is 1.73. The van der Waals surface area contributed by atoms with Gasteiger partial charge in [0.25, 0.3) is 0 Å². The quantitative estimate of drug-likeness (QED) is 0.633. The van der Waals surface area contributed by atoms with Crippen LogP contribution in [0.3, 0.4) is 0 Å². The first-order valence-corrected chi connectivity index (χ1v) is 6.10. The summed E-state index contributed by atoms with van der Waals surface area (Å²) in [5.41, 5.74) is -1.94. The van der Waals surface area contributed by atoms with Gasteiger partial charge in [-0.1, -0.05) is 17.7 Å². The van der Waals surface area contributed by atoms with Crippen LogP contribution < -0.4 is 4.74 Å². The predicted molar refractivity (Wildman–Crippen MR) is 67.7 cm³/mol. The number of benzene rings is 2. The normalized spacial score (nSPS) is 12.3. The van der Waals surface area contributed by atoms with Crippen molar-refractivity contribution < 1.29 is 31.1 Å². The fraction of sp³-hybridized carbons (Fsp3) is 0.200. The SMILES string of the molecule is Cc1ccc(Oc2cc(C(F)(F)F)cc(C(F)(F)F)c2)cc1. The minimum absolute atomic E-state index is 0.0575. The topological polar surface area (TPSA) is 9.23 Å². The summed E-state index contributed by atoms with van der Waals surface area (Å²) in [5.74, 6) is -0.371. The van der Waals surface area contributed by atoms with Gasteiger partial charge >= 0.3 is 12.4 Å². The molecule has 0 atom stereocenters. The van der Waals surface area contributed by atoms with Crippen LogP contribution in [-0.2, 0) is 12.4 Å². The lowest BCUT2D eigenvalue weighted by Gasteiger charge is -2.14. The van der Waals surface area contributed by atoms with Crippen molar-refractivity contribution in [3.05, 3.63) is 59.2 Å². The molecular formula is C15H10F6O. The molecule has 0 aliphatic heterocycles. The summed E-state index contributed by atoms with van der Waals surface area (Å²) < 4.78 is 81.3. The molecule has 0 unspecified atom stereocenters. The van der Waals surface area contributed by atoms with Gasteiger partial charge in [-0.2, -0.15) is 26.3 Å². The van der Waals surface area contributed by atoms with E-state index in [0.29, 0.717) is 12.1 Å². The molecule has 22 heavy (non-hydrogen) atoms. The van der Waals surface area contributed by atoms with Crippen LogP contribution in [0, 0.1) is 6.92 Å². The van der Waals surface area contributed by atoms with Gasteiger partial charge in [-0.15, -0.1) is 0 Å². The van der Waals surface area contributed by atoms with Crippen LogP contribution >= 0.6 is 0 Å². The van der Waals surface area contributed by atoms with Crippen molar-refractivity contribution in [2.45, 2.75) is 19.3 Å². The highest BCUT2D eigenvalue weighted by molar-refractivity contribution is 5.40. The van der Waals surface area contributed by atoms with E-state index >= 15 is 0 Å². The Kier molecular flexibility index (Phi) is 4.08. The number of rotatable bonds is 2. The van der Waals surface area contributed by atoms with Gasteiger partial charge in [-0.3, -0.25) is 0 Å². The van der Waals surface area contributed by atoms with Crippen LogP contribution in [0.1, 0.15) is 16.7 Å². The molecule has 7 heteroatoms. The van der Waals surface area contributed by atoms with Gasteiger partial charge < -0.3 is 4.74 Å². The number of hydrogen-bond donors (Lipinski definition) is 0. The standard InChI is InChI=1S/C15H10F6O/c1-9-2-4-12(5-3-9)22-13-7-10(14(16,17)18)6-11(8-13)15(19,20)21/h2-8H,1H3. The summed E-state index contributed by atoms with van der Waals surface area (Å²) in [6, 6.07) is 7.32. The lowest BCUT2D eigenvalue weighted by molar-refractivity contribution is -0.143. The lowest BCUT2D eigenvalue weighted by Crippen LogP contribution is -2.11. The molecule has 2 aromatic rings. The smallest absolute Gasteiger partial charge is 0.416 e. The molecule has 0 spiro atoms. The van der Waals surface area contributed by atoms with Crippen LogP contribution in [0.5, 0.6) is 11.5 Å². The van der Waals surface area contributed by atoms with Crippen LogP contribution in [0.15, 0.2) is 42.5 Å². The molecule has 0 amide bonds. The first kappa shape index (κ1) is 16.2. The number of halogens is 6. The second-order valence-corrected chi connectivity index (χ2v) is 4.66. The van der Waals surface area contributed by atoms with E-state index in [4.69, 9.17) is 4.74 Å². The molecule has 1 nitrogen and oxygen atoms in total. The zero-order chi connectivity index (χ0) is 16.5. The Bertz CT molecular complexity index is 623. The molecule has 2 aromatic carbocycles. The molecule has 0 heterocycles. The van der Waals surface area contributed by atoms with E-state index in [0.717, 1.165) is 5.56 Å². The summed E-state index contributed by atoms with van der Waals surface area (Å²) >= 11 is 0. The third-order valence-corrected chi connectivity index (χ3v) is 2.82. The maximum atomic E-state index is 12.7. The summed E-state index contributed by atoms with van der Waals surface area (Å²) in [4.78, 5) is 0. The summed E-state index contributed by atoms with van der Waals surface area (Å²) in [7, 11) is 0. The van der Waals surface area contributed by atoms with Gasteiger partial charge in [-0.25, -0.2) is 0 Å². The molecule has 0 aliphatic rings. The highest BCUT2D eigenvalue weighted by atomic mass is 19.4. The zero-order valence-electron chi connectivity index (χ0n) is 11.2. The monoisotopic (exact) mass is 320 g/mol. The highest BCUT2D eigenvalue weighted by Crippen LogP contribution is 2.39. The third-order valence-electron chi connectivity index (χ3n) is 2.82. The average molecular weight is 320 g/mol. The minimum Gasteiger partial charge on any atom is -0.457 e. The number of aryl methyl sites for hydroxylation is 1. The maximum absolute atomic E-state index is 12.7. The van der Waals surface area contributed by atoms with Crippen molar-refractivity contribution in [3.8, 4) is 11.5 Å². The Hall–Kier alpha value is -2.18. The van der Waals surface area contributed by atoms with E-state index in [1.165, 1.54) is 12.1 Å². The molecule has 0 bridgehead atoms. The predicted octanol–water partition coefficient (Wildman–Crippen LogP) is 5.82. The summed E-state index contributed by atoms with van der Waals surface area (Å²) in [6.07, 6.45) is -9.79. The average Bonchev–Trinajstić information content (AvgIpc) is 2.39. The van der Waals surface area contributed by atoms with Gasteiger partial charge in [0.1, 0.15) is 11.5 Å². The molecule has 0 aromatic heterocycles. The van der Waals surface area contributed by atoms with Crippen LogP contribution in [0.2, 0.25) is 0 Å². The van der Waals surface area contributed by atoms with Gasteiger partial charge in [-0.05, 0) is 37.3 Å². The van der Waals surface area contributed by atoms with E-state index < -0.39 is 29.2 Å². The van der Waals surface area contributed by atoms with Crippen molar-refractivity contribution in [2.75, 3.05) is 0 Å². The Balaban J connectivity index is 2.44. The van der Waals surface area contributed by atoms with Gasteiger partial charge in [0.05, 0.1) is 11.1 Å². The minimum atomic E-state index is -4.90. The largest absolute Gasteiger partial charge is 0.457 e. The van der Waals surface area contributed by atoms with E-state index in [9.17, 15) is 26.3 Å². The van der Waals surface area contributed by atoms with Gasteiger partial charge in [0, 0.05) is 0 Å². The molecule has 0 saturated heterocycles. The molecule has 0 fully saturated rings. The van der Waals surface area contributed by atoms with Crippen molar-refractivity contribution >= 4 is 0 Å². The first-order valence-electron chi connectivity index (χ1n) is 6.10. The Morgan fingerprint density at radius 2 is 1.14 bits per heavy atom. The van der Waals surface area contributed by atoms with E-state index in [2.05, 4.69) is 0 Å². The summed E-state index contributed by atoms with van der Waals surface area (Å²) in [5, 5.41) is 0. The third kappa shape index (κ3) is 3.93. The molecule has 118 valence electrons. The number of alkyl halides is 6. The lowest BCUT2D eigenvalue weighted by atomic mass is 10.1. The van der Waals surface area contributed by atoms with E-state index in [-0.39, 0.29) is 11.8 Å². The van der Waals surface area contributed by atoms with Gasteiger partial charge in [0.15, 0.2) is 0 Å². The Labute approximate surface area is 122 Å². The molecular weight excluding hydrogens is 310 g/mol. The number of ether oxygens (including phenoxy) is 1. The summed E-state index contributed by atoms with van der Waals surface area (Å²) in [6.45, 7) is 1.79. The Morgan fingerprint density at radius 1 is 0.682 bits per heavy atom. The van der Waals surface area contributed by atoms with Crippen LogP contribution in [0.4, 0.5) is 26.3 Å². The molecule has 2 rings (SSSR count). The number of hydrogen-bond acceptors (Lipinski definition) is 1. The van der Waals surface area contributed by atoms with E-state index in [1.807, 2.05) is 0 Å². The van der Waals surface area contributed by atoms with Crippen molar-refractivity contribution in [3.63, 3.8) is 0 Å². The van der Waals surface area contributed by atoms with Crippen molar-refractivity contribution in [1.29, 1.82) is 0 Å². The molecule has 0 saturated carbocycles. The second-order valence-electron chi connectivity index (χ2n) is 4.66. The van der Waals surface area contributed by atoms with Gasteiger partial charge in [0.2, 0.25) is 0 Å². The first-order chi connectivity index (χ1) is 10.1. The Morgan fingerprint density at radius 3 is 1.55 bits per heavy atom. The van der Waals surface area contributed by atoms with Crippen LogP contribution in [-0.4, -0.2) is 0 Å². The van der Waals surface area contributed by atoms with E-state index in [1.54, 1.807) is 19.1 Å². The zero-order valence-corrected chi connectivity index (χ0v) is 11.2. The second kappa shape index (κ2) is 5.55. The van der Waals surface area contributed by atoms with Crippen molar-refractivity contribution in [1.82, 2.24) is 0 Å². The maximum Gasteiger partial charge on any atom is 0.416 e. The van der Waals surface area contributed by atoms with Crippen molar-refractivity contribution in [2.24, 2.45) is 0 Å². The fourth-order valence-electron chi connectivity index (χ4n) is 1.73. The highest BCUT2D eigenvalue weighted by Gasteiger charge is 2.37. The van der Waals surface area contributed by atoms with Crippen LogP contribution in [0.25, 0.3) is 0 Å². The molecule has 0 N–H and O–H groups in total. The molecule has 0 radical (unpaired) electrons.